The number of hydrogen-bond acceptors (Lipinski definition) is 4. The van der Waals surface area contributed by atoms with Crippen molar-refractivity contribution in [3.05, 3.63) is 64.8 Å². The predicted molar refractivity (Wildman–Crippen MR) is 93.5 cm³/mol. The summed E-state index contributed by atoms with van der Waals surface area (Å²) in [4.78, 5) is 0.153. The van der Waals surface area contributed by atoms with Gasteiger partial charge < -0.3 is 5.73 Å². The molecule has 0 fully saturated rings. The fraction of sp³-hybridized carbons (Fsp3) is 0.0625. The van der Waals surface area contributed by atoms with Crippen LogP contribution in [0.2, 0.25) is 0 Å². The Morgan fingerprint density at radius 2 is 1.65 bits per heavy atom. The second-order valence-electron chi connectivity index (χ2n) is 5.11. The highest BCUT2D eigenvalue weighted by atomic mass is 79.9. The van der Waals surface area contributed by atoms with Gasteiger partial charge in [0.2, 0.25) is 0 Å². The molecule has 0 bridgehead atoms. The van der Waals surface area contributed by atoms with Crippen LogP contribution >= 0.6 is 15.9 Å². The Bertz CT molecular complexity index is 946. The minimum Gasteiger partial charge on any atom is -0.382 e. The minimum absolute atomic E-state index is 0.0906. The van der Waals surface area contributed by atoms with E-state index in [0.717, 1.165) is 19.7 Å². The lowest BCUT2D eigenvalue weighted by Crippen LogP contribution is -2.16. The predicted octanol–water partition coefficient (Wildman–Crippen LogP) is 3.44. The number of nitrogen functional groups attached to an aromatic ring is 1. The number of nitrogens with zero attached hydrogens (tertiary/aromatic N) is 2. The Hall–Kier alpha value is -2.12. The molecule has 0 aliphatic carbocycles. The van der Waals surface area contributed by atoms with Crippen molar-refractivity contribution in [2.24, 2.45) is 0 Å². The Balaban J connectivity index is 2.08. The van der Waals surface area contributed by atoms with Crippen molar-refractivity contribution < 1.29 is 8.42 Å². The van der Waals surface area contributed by atoms with Gasteiger partial charge in [-0.15, -0.1) is 4.09 Å². The number of aromatic nitrogens is 2. The average Bonchev–Trinajstić information content (AvgIpc) is 2.91. The van der Waals surface area contributed by atoms with Gasteiger partial charge in [0.1, 0.15) is 5.82 Å². The van der Waals surface area contributed by atoms with Crippen LogP contribution in [0.5, 0.6) is 0 Å². The Labute approximate surface area is 142 Å². The van der Waals surface area contributed by atoms with Gasteiger partial charge in [-0.3, -0.25) is 0 Å². The van der Waals surface area contributed by atoms with Gasteiger partial charge in [-0.25, -0.2) is 0 Å². The summed E-state index contributed by atoms with van der Waals surface area (Å²) in [7, 11) is -3.81. The van der Waals surface area contributed by atoms with E-state index in [1.54, 1.807) is 24.3 Å². The number of rotatable bonds is 3. The normalized spacial score (nSPS) is 11.6. The van der Waals surface area contributed by atoms with Crippen LogP contribution in [0.15, 0.2) is 64.1 Å². The number of benzene rings is 2. The lowest BCUT2D eigenvalue weighted by atomic mass is 10.1. The summed E-state index contributed by atoms with van der Waals surface area (Å²) < 4.78 is 27.2. The first-order valence-electron chi connectivity index (χ1n) is 6.81. The molecule has 1 aromatic heterocycles. The van der Waals surface area contributed by atoms with Gasteiger partial charge in [0, 0.05) is 10.0 Å². The number of halogens is 1. The molecule has 7 heteroatoms. The number of nitrogens with two attached hydrogens (primary N) is 1. The molecule has 118 valence electrons. The van der Waals surface area contributed by atoms with E-state index in [2.05, 4.69) is 21.0 Å². The lowest BCUT2D eigenvalue weighted by molar-refractivity contribution is 0.581. The second kappa shape index (κ2) is 5.82. The van der Waals surface area contributed by atoms with Gasteiger partial charge in [-0.1, -0.05) is 45.8 Å². The van der Waals surface area contributed by atoms with E-state index >= 15 is 0 Å². The van der Waals surface area contributed by atoms with Crippen molar-refractivity contribution in [1.29, 1.82) is 0 Å². The number of aryl methyl sites for hydroxylation is 1. The van der Waals surface area contributed by atoms with E-state index in [9.17, 15) is 8.42 Å². The van der Waals surface area contributed by atoms with Crippen LogP contribution in [0.1, 0.15) is 5.56 Å². The minimum atomic E-state index is -3.81. The topological polar surface area (TPSA) is 78.0 Å². The summed E-state index contributed by atoms with van der Waals surface area (Å²) >= 11 is 3.36. The molecule has 2 aromatic carbocycles. The Kier molecular flexibility index (Phi) is 3.99. The van der Waals surface area contributed by atoms with Crippen molar-refractivity contribution in [2.45, 2.75) is 11.8 Å². The maximum absolute atomic E-state index is 12.7. The third-order valence-electron chi connectivity index (χ3n) is 3.48. The van der Waals surface area contributed by atoms with Crippen LogP contribution < -0.4 is 5.73 Å². The molecule has 23 heavy (non-hydrogen) atoms. The van der Waals surface area contributed by atoms with Crippen LogP contribution in [0, 0.1) is 6.92 Å². The molecule has 2 N–H and O–H groups in total. The largest absolute Gasteiger partial charge is 0.382 e. The van der Waals surface area contributed by atoms with E-state index in [-0.39, 0.29) is 10.7 Å². The molecule has 0 aliphatic heterocycles. The van der Waals surface area contributed by atoms with Crippen molar-refractivity contribution in [1.82, 2.24) is 9.19 Å². The van der Waals surface area contributed by atoms with Crippen LogP contribution in [-0.4, -0.2) is 17.6 Å². The van der Waals surface area contributed by atoms with Crippen LogP contribution in [-0.2, 0) is 10.0 Å². The molecule has 1 heterocycles. The zero-order valence-electron chi connectivity index (χ0n) is 12.3. The molecule has 5 nitrogen and oxygen atoms in total. The highest BCUT2D eigenvalue weighted by molar-refractivity contribution is 9.10. The summed E-state index contributed by atoms with van der Waals surface area (Å²) in [5, 5.41) is 3.98. The number of anilines is 1. The first-order valence-corrected chi connectivity index (χ1v) is 9.04. The van der Waals surface area contributed by atoms with Gasteiger partial charge in [-0.2, -0.15) is 13.5 Å². The smallest absolute Gasteiger partial charge is 0.284 e. The summed E-state index contributed by atoms with van der Waals surface area (Å²) in [6.45, 7) is 1.89. The van der Waals surface area contributed by atoms with Crippen LogP contribution in [0.4, 0.5) is 5.82 Å². The summed E-state index contributed by atoms with van der Waals surface area (Å²) in [6, 6.07) is 14.0. The maximum Gasteiger partial charge on any atom is 0.284 e. The molecule has 0 unspecified atom stereocenters. The van der Waals surface area contributed by atoms with Crippen LogP contribution in [0.3, 0.4) is 0 Å². The van der Waals surface area contributed by atoms with Crippen LogP contribution in [0.25, 0.3) is 11.1 Å². The average molecular weight is 392 g/mol. The molecule has 0 atom stereocenters. The third-order valence-corrected chi connectivity index (χ3v) is 5.62. The molecule has 3 rings (SSSR count). The lowest BCUT2D eigenvalue weighted by Gasteiger charge is -2.07. The maximum atomic E-state index is 12.7. The van der Waals surface area contributed by atoms with E-state index < -0.39 is 10.0 Å². The quantitative estimate of drug-likeness (QED) is 0.741. The van der Waals surface area contributed by atoms with Gasteiger partial charge in [0.15, 0.2) is 0 Å². The molecule has 0 amide bonds. The summed E-state index contributed by atoms with van der Waals surface area (Å²) in [5.74, 6) is 0.0906. The van der Waals surface area contributed by atoms with Gasteiger partial charge in [-0.05, 0) is 36.8 Å². The molecule has 0 spiro atoms. The molecule has 0 saturated heterocycles. The summed E-state index contributed by atoms with van der Waals surface area (Å²) in [6.07, 6.45) is 1.46. The van der Waals surface area contributed by atoms with Gasteiger partial charge in [0.05, 0.1) is 11.1 Å². The van der Waals surface area contributed by atoms with Crippen molar-refractivity contribution >= 4 is 31.8 Å². The van der Waals surface area contributed by atoms with Crippen molar-refractivity contribution in [2.75, 3.05) is 5.73 Å². The van der Waals surface area contributed by atoms with E-state index in [4.69, 9.17) is 5.73 Å². The molecule has 0 radical (unpaired) electrons. The molecular formula is C16H14BrN3O2S. The fourth-order valence-corrected chi connectivity index (χ4v) is 3.67. The first-order chi connectivity index (χ1) is 10.9. The van der Waals surface area contributed by atoms with E-state index in [1.807, 2.05) is 31.2 Å². The Morgan fingerprint density at radius 3 is 2.26 bits per heavy atom. The highest BCUT2D eigenvalue weighted by Crippen LogP contribution is 2.29. The monoisotopic (exact) mass is 391 g/mol. The molecule has 3 aromatic rings. The molecule has 0 aliphatic rings. The van der Waals surface area contributed by atoms with Crippen molar-refractivity contribution in [3.8, 4) is 11.1 Å². The van der Waals surface area contributed by atoms with Crippen molar-refractivity contribution in [3.63, 3.8) is 0 Å². The zero-order valence-corrected chi connectivity index (χ0v) is 14.7. The third kappa shape index (κ3) is 2.89. The second-order valence-corrected chi connectivity index (χ2v) is 7.79. The SMILES string of the molecule is Cc1ccc(S(=O)(=O)n2ncc(-c3ccc(Br)cc3)c2N)cc1. The van der Waals surface area contributed by atoms with E-state index in [0.29, 0.717) is 5.56 Å². The zero-order chi connectivity index (χ0) is 16.6. The first kappa shape index (κ1) is 15.8. The van der Waals surface area contributed by atoms with Gasteiger partial charge in [0.25, 0.3) is 10.0 Å². The Morgan fingerprint density at radius 1 is 1.04 bits per heavy atom. The van der Waals surface area contributed by atoms with Gasteiger partial charge >= 0.3 is 0 Å². The molecular weight excluding hydrogens is 378 g/mol. The summed E-state index contributed by atoms with van der Waals surface area (Å²) in [5.41, 5.74) is 8.39. The standard InChI is InChI=1S/C16H14BrN3O2S/c1-11-2-8-14(9-3-11)23(21,22)20-16(18)15(10-19-20)12-4-6-13(17)7-5-12/h2-10H,18H2,1H3. The highest BCUT2D eigenvalue weighted by Gasteiger charge is 2.22. The van der Waals surface area contributed by atoms with E-state index in [1.165, 1.54) is 6.20 Å². The number of hydrogen-bond donors (Lipinski definition) is 1. The fourth-order valence-electron chi connectivity index (χ4n) is 2.20. The molecule has 0 saturated carbocycles.